The molecule has 0 bridgehead atoms. The maximum atomic E-state index is 6.56. The number of halogens is 2. The zero-order valence-corrected chi connectivity index (χ0v) is 16.1. The standard InChI is InChI=1S/C22H16Cl2N2O/c1-26-18-11-4-2-7-14(18)22(15-8-3-5-12-19(15)26)13-27-25-21(22)20-16(23)9-6-10-17(20)24/h2-12H,13H2,1H3. The molecule has 0 unspecified atom stereocenters. The summed E-state index contributed by atoms with van der Waals surface area (Å²) in [6.45, 7) is 0.408. The fourth-order valence-corrected chi connectivity index (χ4v) is 4.84. The molecule has 0 radical (unpaired) electrons. The van der Waals surface area contributed by atoms with Gasteiger partial charge in [-0.1, -0.05) is 70.8 Å². The highest BCUT2D eigenvalue weighted by Crippen LogP contribution is 2.52. The van der Waals surface area contributed by atoms with Gasteiger partial charge in [0.05, 0.1) is 10.0 Å². The van der Waals surface area contributed by atoms with Crippen LogP contribution in [0.2, 0.25) is 10.0 Å². The molecule has 0 aliphatic carbocycles. The molecule has 0 N–H and O–H groups in total. The molecule has 5 rings (SSSR count). The van der Waals surface area contributed by atoms with Gasteiger partial charge in [0.2, 0.25) is 0 Å². The number of fused-ring (bicyclic) bond motifs is 4. The number of hydrogen-bond donors (Lipinski definition) is 0. The molecule has 0 fully saturated rings. The summed E-state index contributed by atoms with van der Waals surface area (Å²) in [5.41, 5.74) is 5.44. The van der Waals surface area contributed by atoms with E-state index < -0.39 is 5.41 Å². The molecule has 3 aromatic carbocycles. The van der Waals surface area contributed by atoms with Crippen molar-refractivity contribution in [1.82, 2.24) is 0 Å². The van der Waals surface area contributed by atoms with E-state index in [0.29, 0.717) is 16.7 Å². The van der Waals surface area contributed by atoms with Crippen LogP contribution in [0.4, 0.5) is 11.4 Å². The first-order chi connectivity index (χ1) is 13.1. The lowest BCUT2D eigenvalue weighted by Crippen LogP contribution is -2.43. The Morgan fingerprint density at radius 1 is 0.852 bits per heavy atom. The van der Waals surface area contributed by atoms with Gasteiger partial charge in [0.1, 0.15) is 17.7 Å². The van der Waals surface area contributed by atoms with Gasteiger partial charge in [0, 0.05) is 24.0 Å². The molecule has 134 valence electrons. The minimum atomic E-state index is -0.561. The molecule has 2 heterocycles. The molecular weight excluding hydrogens is 379 g/mol. The maximum absolute atomic E-state index is 6.56. The normalized spacial score (nSPS) is 16.6. The van der Waals surface area contributed by atoms with Gasteiger partial charge in [-0.25, -0.2) is 0 Å². The predicted octanol–water partition coefficient (Wildman–Crippen LogP) is 5.80. The van der Waals surface area contributed by atoms with Crippen LogP contribution in [0.3, 0.4) is 0 Å². The Balaban J connectivity index is 1.87. The van der Waals surface area contributed by atoms with E-state index in [9.17, 15) is 0 Å². The summed E-state index contributed by atoms with van der Waals surface area (Å²) in [6, 6.07) is 22.2. The molecule has 3 aromatic rings. The third kappa shape index (κ3) is 2.19. The van der Waals surface area contributed by atoms with Gasteiger partial charge in [0.15, 0.2) is 0 Å². The van der Waals surface area contributed by atoms with Crippen LogP contribution in [0.15, 0.2) is 71.9 Å². The number of oxime groups is 1. The predicted molar refractivity (Wildman–Crippen MR) is 111 cm³/mol. The SMILES string of the molecule is CN1c2ccccc2C2(CON=C2c2c(Cl)cccc2Cl)c2ccccc21. The van der Waals surface area contributed by atoms with Crippen LogP contribution in [-0.4, -0.2) is 19.4 Å². The summed E-state index contributed by atoms with van der Waals surface area (Å²) in [6.07, 6.45) is 0. The van der Waals surface area contributed by atoms with Crippen molar-refractivity contribution in [3.63, 3.8) is 0 Å². The van der Waals surface area contributed by atoms with Crippen molar-refractivity contribution < 1.29 is 4.84 Å². The molecular formula is C22H16Cl2N2O. The van der Waals surface area contributed by atoms with Crippen LogP contribution < -0.4 is 4.90 Å². The Hall–Kier alpha value is -2.49. The average Bonchev–Trinajstić information content (AvgIpc) is 3.11. The third-order valence-corrected chi connectivity index (χ3v) is 6.12. The Morgan fingerprint density at radius 2 is 1.41 bits per heavy atom. The monoisotopic (exact) mass is 394 g/mol. The van der Waals surface area contributed by atoms with E-state index in [1.807, 2.05) is 42.5 Å². The van der Waals surface area contributed by atoms with Gasteiger partial charge >= 0.3 is 0 Å². The quantitative estimate of drug-likeness (QED) is 0.521. The Morgan fingerprint density at radius 3 is 2.00 bits per heavy atom. The minimum absolute atomic E-state index is 0.408. The second kappa shape index (κ2) is 6.01. The minimum Gasteiger partial charge on any atom is -0.394 e. The third-order valence-electron chi connectivity index (χ3n) is 5.49. The highest BCUT2D eigenvalue weighted by atomic mass is 35.5. The lowest BCUT2D eigenvalue weighted by atomic mass is 9.67. The first-order valence-electron chi connectivity index (χ1n) is 8.72. The molecule has 0 saturated carbocycles. The van der Waals surface area contributed by atoms with Gasteiger partial charge in [0.25, 0.3) is 0 Å². The van der Waals surface area contributed by atoms with Crippen LogP contribution in [0.25, 0.3) is 0 Å². The summed E-state index contributed by atoms with van der Waals surface area (Å²) in [5.74, 6) is 0. The number of rotatable bonds is 1. The van der Waals surface area contributed by atoms with E-state index in [1.54, 1.807) is 0 Å². The number of para-hydroxylation sites is 2. The molecule has 3 nitrogen and oxygen atoms in total. The molecule has 0 amide bonds. The molecule has 2 aliphatic heterocycles. The number of anilines is 2. The maximum Gasteiger partial charge on any atom is 0.136 e. The topological polar surface area (TPSA) is 24.8 Å². The van der Waals surface area contributed by atoms with Crippen LogP contribution in [-0.2, 0) is 10.3 Å². The largest absolute Gasteiger partial charge is 0.394 e. The molecule has 2 aliphatic rings. The fraction of sp³-hybridized carbons (Fsp3) is 0.136. The molecule has 5 heteroatoms. The molecule has 0 saturated heterocycles. The van der Waals surface area contributed by atoms with Crippen LogP contribution in [0.1, 0.15) is 16.7 Å². The Kier molecular flexibility index (Phi) is 3.71. The summed E-state index contributed by atoms with van der Waals surface area (Å²) in [7, 11) is 2.08. The summed E-state index contributed by atoms with van der Waals surface area (Å²) >= 11 is 13.1. The van der Waals surface area contributed by atoms with E-state index in [4.69, 9.17) is 28.0 Å². The lowest BCUT2D eigenvalue weighted by Gasteiger charge is -2.41. The first-order valence-corrected chi connectivity index (χ1v) is 9.48. The van der Waals surface area contributed by atoms with Crippen LogP contribution in [0.5, 0.6) is 0 Å². The van der Waals surface area contributed by atoms with E-state index in [2.05, 4.69) is 41.4 Å². The number of benzene rings is 3. The average molecular weight is 395 g/mol. The first kappa shape index (κ1) is 16.7. The summed E-state index contributed by atoms with van der Waals surface area (Å²) in [4.78, 5) is 7.92. The van der Waals surface area contributed by atoms with Crippen LogP contribution in [0, 0.1) is 0 Å². The second-order valence-corrected chi connectivity index (χ2v) is 7.62. The molecule has 1 spiro atoms. The molecule has 0 aromatic heterocycles. The van der Waals surface area contributed by atoms with E-state index in [0.717, 1.165) is 33.8 Å². The summed E-state index contributed by atoms with van der Waals surface area (Å²) < 4.78 is 0. The van der Waals surface area contributed by atoms with Crippen molar-refractivity contribution >= 4 is 40.3 Å². The van der Waals surface area contributed by atoms with Gasteiger partial charge in [-0.3, -0.25) is 0 Å². The van der Waals surface area contributed by atoms with E-state index in [1.165, 1.54) is 0 Å². The van der Waals surface area contributed by atoms with Gasteiger partial charge in [-0.05, 0) is 35.4 Å². The van der Waals surface area contributed by atoms with Crippen molar-refractivity contribution in [2.45, 2.75) is 5.41 Å². The zero-order chi connectivity index (χ0) is 18.6. The van der Waals surface area contributed by atoms with E-state index in [-0.39, 0.29) is 0 Å². The van der Waals surface area contributed by atoms with Crippen molar-refractivity contribution in [3.05, 3.63) is 93.5 Å². The fourth-order valence-electron chi connectivity index (χ4n) is 4.26. The van der Waals surface area contributed by atoms with E-state index >= 15 is 0 Å². The smallest absolute Gasteiger partial charge is 0.136 e. The lowest BCUT2D eigenvalue weighted by molar-refractivity contribution is 0.152. The van der Waals surface area contributed by atoms with Crippen molar-refractivity contribution in [2.75, 3.05) is 18.6 Å². The van der Waals surface area contributed by atoms with Gasteiger partial charge in [-0.2, -0.15) is 0 Å². The number of nitrogens with zero attached hydrogens (tertiary/aromatic N) is 2. The Bertz CT molecular complexity index is 1030. The summed E-state index contributed by atoms with van der Waals surface area (Å²) in [5, 5.41) is 5.60. The second-order valence-electron chi connectivity index (χ2n) is 6.81. The van der Waals surface area contributed by atoms with Crippen molar-refractivity contribution in [2.24, 2.45) is 5.16 Å². The molecule has 27 heavy (non-hydrogen) atoms. The van der Waals surface area contributed by atoms with Gasteiger partial charge in [-0.15, -0.1) is 0 Å². The van der Waals surface area contributed by atoms with Gasteiger partial charge < -0.3 is 9.74 Å². The Labute approximate surface area is 167 Å². The highest BCUT2D eigenvalue weighted by molar-refractivity contribution is 6.41. The molecule has 0 atom stereocenters. The van der Waals surface area contributed by atoms with Crippen molar-refractivity contribution in [1.29, 1.82) is 0 Å². The van der Waals surface area contributed by atoms with Crippen LogP contribution >= 0.6 is 23.2 Å². The highest BCUT2D eigenvalue weighted by Gasteiger charge is 2.51. The van der Waals surface area contributed by atoms with Crippen molar-refractivity contribution in [3.8, 4) is 0 Å². The number of hydrogen-bond acceptors (Lipinski definition) is 3. The zero-order valence-electron chi connectivity index (χ0n) is 14.6.